The Bertz CT molecular complexity index is 445. The molecule has 1 aromatic carbocycles. The summed E-state index contributed by atoms with van der Waals surface area (Å²) in [7, 11) is 0. The van der Waals surface area contributed by atoms with Crippen molar-refractivity contribution in [3.63, 3.8) is 0 Å². The Morgan fingerprint density at radius 1 is 0.923 bits per heavy atom. The first kappa shape index (κ1) is 32.5. The summed E-state index contributed by atoms with van der Waals surface area (Å²) in [4.78, 5) is 0. The van der Waals surface area contributed by atoms with Crippen LogP contribution in [0.25, 0.3) is 0 Å². The molecule has 11 heteroatoms. The van der Waals surface area contributed by atoms with Crippen LogP contribution in [-0.4, -0.2) is 24.6 Å². The molecule has 0 N–H and O–H groups in total. The van der Waals surface area contributed by atoms with Crippen LogP contribution < -0.4 is 0 Å². The molecule has 1 aliphatic heterocycles. The van der Waals surface area contributed by atoms with E-state index in [0.717, 1.165) is 13.3 Å². The number of rotatable bonds is 0. The van der Waals surface area contributed by atoms with Gasteiger partial charge in [-0.15, -0.1) is 5.92 Å². The molecule has 0 spiro atoms. The predicted octanol–water partition coefficient (Wildman–Crippen LogP) is 3.21. The molecule has 0 saturated carbocycles. The second-order valence-electron chi connectivity index (χ2n) is 3.75. The summed E-state index contributed by atoms with van der Waals surface area (Å²) in [6, 6.07) is 12.0. The number of halogens is 6. The standard InChI is InChI=1S/C7H7F6O.C5H.3CO.W/c1-4-2-3-14-5(4,6(8,9)10)7(11,12)13;1-2-4-5-3-1;3*1-2;/h2,4H,3H2,1H3;1H;;;;/q-1;-5;;;;. The maximum absolute atomic E-state index is 12.3. The normalized spacial score (nSPS) is 16.9. The Hall–Kier alpha value is -1.20. The van der Waals surface area contributed by atoms with Gasteiger partial charge in [0.25, 0.3) is 0 Å². The van der Waals surface area contributed by atoms with E-state index in [2.05, 4.69) is 49.0 Å². The molecule has 0 aliphatic carbocycles. The van der Waals surface area contributed by atoms with Crippen molar-refractivity contribution < 1.29 is 66.1 Å². The molecule has 26 heavy (non-hydrogen) atoms. The minimum absolute atomic E-state index is 0. The van der Waals surface area contributed by atoms with Gasteiger partial charge in [0, 0.05) is 21.1 Å². The zero-order chi connectivity index (χ0) is 20.7. The molecular weight excluding hydrogens is 542 g/mol. The average Bonchev–Trinajstić information content (AvgIpc) is 3.24. The van der Waals surface area contributed by atoms with E-state index in [9.17, 15) is 26.3 Å². The van der Waals surface area contributed by atoms with Crippen LogP contribution in [0.3, 0.4) is 0 Å². The fourth-order valence-electron chi connectivity index (χ4n) is 1.64. The van der Waals surface area contributed by atoms with Crippen LogP contribution in [0.1, 0.15) is 6.92 Å². The average molecular weight is 550 g/mol. The maximum atomic E-state index is 12.3. The van der Waals surface area contributed by atoms with E-state index in [1.165, 1.54) is 0 Å². The van der Waals surface area contributed by atoms with E-state index < -0.39 is 30.5 Å². The third kappa shape index (κ3) is 8.95. The molecule has 0 amide bonds. The molecule has 4 nitrogen and oxygen atoms in total. The summed E-state index contributed by atoms with van der Waals surface area (Å²) in [5, 5.41) is 0. The van der Waals surface area contributed by atoms with E-state index in [4.69, 9.17) is 14.0 Å². The summed E-state index contributed by atoms with van der Waals surface area (Å²) in [5.74, 6) is -1.72. The monoisotopic (exact) mass is 550 g/mol. The van der Waals surface area contributed by atoms with Crippen molar-refractivity contribution in [2.24, 2.45) is 5.92 Å². The van der Waals surface area contributed by atoms with Crippen LogP contribution in [0, 0.1) is 56.6 Å². The molecule has 1 fully saturated rings. The van der Waals surface area contributed by atoms with Gasteiger partial charge in [0.2, 0.25) is 5.60 Å². The molecule has 0 bridgehead atoms. The maximum Gasteiger partial charge on any atom is 0 e. The van der Waals surface area contributed by atoms with Gasteiger partial charge in [0.05, 0.1) is 0 Å². The van der Waals surface area contributed by atoms with Gasteiger partial charge >= 0.3 is 46.3 Å². The Labute approximate surface area is 160 Å². The second-order valence-corrected chi connectivity index (χ2v) is 3.75. The zero-order valence-corrected chi connectivity index (χ0v) is 15.7. The quantitative estimate of drug-likeness (QED) is 0.278. The molecule has 1 aliphatic rings. The minimum atomic E-state index is -5.45. The van der Waals surface area contributed by atoms with Gasteiger partial charge in [-0.2, -0.15) is 26.3 Å². The third-order valence-corrected chi connectivity index (χ3v) is 2.60. The van der Waals surface area contributed by atoms with Gasteiger partial charge in [0.1, 0.15) is 0 Å². The van der Waals surface area contributed by atoms with E-state index in [0.29, 0.717) is 0 Å². The molecule has 1 aromatic rings. The van der Waals surface area contributed by atoms with Gasteiger partial charge in [-0.1, -0.05) is 13.5 Å². The van der Waals surface area contributed by atoms with Crippen LogP contribution in [0.15, 0.2) is 6.07 Å². The fourth-order valence-corrected chi connectivity index (χ4v) is 1.64. The smallest absolute Gasteiger partial charge is 0 e. The van der Waals surface area contributed by atoms with E-state index in [1.54, 1.807) is 6.07 Å². The molecule has 146 valence electrons. The van der Waals surface area contributed by atoms with Gasteiger partial charge in [0.15, 0.2) is 0 Å². The topological polar surface area (TPSA) is 68.9 Å². The Kier molecular flexibility index (Phi) is 20.0. The van der Waals surface area contributed by atoms with Crippen molar-refractivity contribution in [1.82, 2.24) is 0 Å². The summed E-state index contributed by atoms with van der Waals surface area (Å²) < 4.78 is 100. The van der Waals surface area contributed by atoms with Crippen molar-refractivity contribution in [3.05, 3.63) is 56.7 Å². The van der Waals surface area contributed by atoms with E-state index in [1.807, 2.05) is 0 Å². The predicted molar refractivity (Wildman–Crippen MR) is 63.4 cm³/mol. The van der Waals surface area contributed by atoms with Crippen LogP contribution in [0.5, 0.6) is 0 Å². The first-order chi connectivity index (χ1) is 11.6. The molecule has 0 radical (unpaired) electrons. The summed E-state index contributed by atoms with van der Waals surface area (Å²) in [5.41, 5.74) is -4.03. The van der Waals surface area contributed by atoms with Gasteiger partial charge in [-0.3, -0.25) is 6.42 Å². The second kappa shape index (κ2) is 16.0. The van der Waals surface area contributed by atoms with Crippen molar-refractivity contribution >= 4 is 0 Å². The summed E-state index contributed by atoms with van der Waals surface area (Å²) >= 11 is 0. The first-order valence-corrected chi connectivity index (χ1v) is 5.67. The number of alkyl halides is 6. The molecule has 1 atom stereocenters. The van der Waals surface area contributed by atoms with Crippen LogP contribution in [0.2, 0.25) is 0 Å². The third-order valence-electron chi connectivity index (χ3n) is 2.60. The number of hydrogen-bond acceptors (Lipinski definition) is 1. The first-order valence-electron chi connectivity index (χ1n) is 5.67. The SMILES string of the molecule is CC1[CH-]COC1(C(F)(F)F)C(F)(F)F.[C-]#[O+].[C-]#[O+].[C-]#[O+].[W].[c-]1[c-][c-][cH-][c-]1. The number of hydrogen-bond donors (Lipinski definition) is 0. The summed E-state index contributed by atoms with van der Waals surface area (Å²) in [6.45, 7) is 13.7. The Balaban J connectivity index is -0.000000168. The van der Waals surface area contributed by atoms with Crippen LogP contribution >= 0.6 is 0 Å². The van der Waals surface area contributed by atoms with Crippen LogP contribution in [-0.2, 0) is 39.8 Å². The molecule has 1 heterocycles. The Morgan fingerprint density at radius 3 is 1.38 bits per heavy atom. The molecule has 2 rings (SSSR count). The van der Waals surface area contributed by atoms with E-state index >= 15 is 0 Å². The molecular formula is C15H8F6O4W-6. The van der Waals surface area contributed by atoms with Gasteiger partial charge in [-0.25, -0.2) is 0 Å². The molecule has 1 saturated heterocycles. The molecule has 1 unspecified atom stereocenters. The molecule has 0 aromatic heterocycles. The van der Waals surface area contributed by atoms with Crippen molar-refractivity contribution in [1.29, 1.82) is 0 Å². The van der Waals surface area contributed by atoms with Crippen molar-refractivity contribution in [2.75, 3.05) is 6.61 Å². The largest absolute Gasteiger partial charge is 0.999 e. The van der Waals surface area contributed by atoms with E-state index in [-0.39, 0.29) is 21.1 Å². The van der Waals surface area contributed by atoms with Crippen molar-refractivity contribution in [3.8, 4) is 0 Å². The fraction of sp³-hybridized carbons (Fsp3) is 0.400. The van der Waals surface area contributed by atoms with Crippen molar-refractivity contribution in [2.45, 2.75) is 24.9 Å². The van der Waals surface area contributed by atoms with Gasteiger partial charge in [-0.05, 0) is 0 Å². The Morgan fingerprint density at radius 2 is 1.27 bits per heavy atom. The zero-order valence-electron chi connectivity index (χ0n) is 12.7. The minimum Gasteiger partial charge on any atom is -0.999 e. The number of ether oxygens (including phenoxy) is 1. The summed E-state index contributed by atoms with van der Waals surface area (Å²) in [6.07, 6.45) is -10.0. The van der Waals surface area contributed by atoms with Crippen LogP contribution in [0.4, 0.5) is 26.3 Å². The van der Waals surface area contributed by atoms with Gasteiger partial charge < -0.3 is 35.1 Å².